The third kappa shape index (κ3) is 32.9. The van der Waals surface area contributed by atoms with Crippen LogP contribution in [-0.4, -0.2) is 23.3 Å². The Balaban J connectivity index is 0. The minimum atomic E-state index is -1.43. The van der Waals surface area contributed by atoms with Crippen LogP contribution in [0.3, 0.4) is 0 Å². The van der Waals surface area contributed by atoms with E-state index < -0.39 is 11.9 Å². The van der Waals surface area contributed by atoms with Gasteiger partial charge in [-0.15, -0.1) is 0 Å². The third-order valence-corrected chi connectivity index (χ3v) is 0.302. The lowest BCUT2D eigenvalue weighted by Crippen LogP contribution is -2.04. The summed E-state index contributed by atoms with van der Waals surface area (Å²) < 4.78 is 0. The van der Waals surface area contributed by atoms with Crippen LogP contribution >= 0.6 is 0 Å². The van der Waals surface area contributed by atoms with Gasteiger partial charge in [0.2, 0.25) is 12.2 Å². The van der Waals surface area contributed by atoms with Crippen LogP contribution in [0.2, 0.25) is 0 Å². The highest BCUT2D eigenvalue weighted by molar-refractivity contribution is 6.19. The Morgan fingerprint density at radius 1 is 1.50 bits per heavy atom. The Hall–Kier alpha value is -1.65. The molecule has 0 aliphatic heterocycles. The molecule has 5 nitrogen and oxygen atoms in total. The number of primary amides is 1. The smallest absolute Gasteiger partial charge is 0.368 e. The second-order valence-electron chi connectivity index (χ2n) is 1.06. The number of carboxylic acid groups (broad SMARTS) is 1. The van der Waals surface area contributed by atoms with Gasteiger partial charge >= 0.3 is 5.97 Å². The van der Waals surface area contributed by atoms with Gasteiger partial charge < -0.3 is 10.8 Å². The SMILES string of the molecule is C=CC(N)=O.O=CC(=O)O. The zero-order valence-electron chi connectivity index (χ0n) is 5.11. The van der Waals surface area contributed by atoms with Gasteiger partial charge in [-0.1, -0.05) is 6.58 Å². The van der Waals surface area contributed by atoms with Gasteiger partial charge in [0, 0.05) is 0 Å². The summed E-state index contributed by atoms with van der Waals surface area (Å²) in [5, 5.41) is 7.35. The molecule has 0 unspecified atom stereocenters. The van der Waals surface area contributed by atoms with E-state index in [1.165, 1.54) is 0 Å². The molecule has 0 aromatic heterocycles. The number of aliphatic carboxylic acids is 1. The minimum absolute atomic E-state index is 0.167. The first-order valence-electron chi connectivity index (χ1n) is 2.14. The van der Waals surface area contributed by atoms with Gasteiger partial charge in [-0.25, -0.2) is 4.79 Å². The number of nitrogens with two attached hydrogens (primary N) is 1. The maximum absolute atomic E-state index is 9.47. The van der Waals surface area contributed by atoms with Crippen molar-refractivity contribution in [3.63, 3.8) is 0 Å². The number of aldehydes is 1. The Bertz CT molecular complexity index is 134. The molecule has 0 aromatic rings. The van der Waals surface area contributed by atoms with Gasteiger partial charge in [0.15, 0.2) is 0 Å². The summed E-state index contributed by atoms with van der Waals surface area (Å²) in [5.74, 6) is -1.91. The zero-order chi connectivity index (χ0) is 8.57. The van der Waals surface area contributed by atoms with Crippen molar-refractivity contribution in [1.82, 2.24) is 0 Å². The fraction of sp³-hybridized carbons (Fsp3) is 0. The van der Waals surface area contributed by atoms with E-state index in [1.54, 1.807) is 0 Å². The van der Waals surface area contributed by atoms with Crippen molar-refractivity contribution in [3.8, 4) is 0 Å². The number of hydrogen-bond donors (Lipinski definition) is 2. The largest absolute Gasteiger partial charge is 0.476 e. The summed E-state index contributed by atoms with van der Waals surface area (Å²) in [7, 11) is 0. The molecule has 1 amide bonds. The first-order valence-corrected chi connectivity index (χ1v) is 2.14. The van der Waals surface area contributed by atoms with Crippen molar-refractivity contribution in [2.45, 2.75) is 0 Å². The first-order chi connectivity index (χ1) is 4.54. The van der Waals surface area contributed by atoms with Crippen molar-refractivity contribution in [3.05, 3.63) is 12.7 Å². The molecule has 0 saturated heterocycles. The standard InChI is InChI=1S/C3H5NO.C2H2O3/c1-2-3(4)5;3-1-2(4)5/h2H,1H2,(H2,4,5);1H,(H,4,5). The van der Waals surface area contributed by atoms with Crippen LogP contribution in [0.4, 0.5) is 0 Å². The molecule has 0 radical (unpaired) electrons. The Kier molecular flexibility index (Phi) is 8.22. The summed E-state index contributed by atoms with van der Waals surface area (Å²) in [6, 6.07) is 0. The lowest BCUT2D eigenvalue weighted by Gasteiger charge is -1.65. The molecule has 56 valence electrons. The van der Waals surface area contributed by atoms with E-state index in [0.29, 0.717) is 0 Å². The fourth-order valence-corrected chi connectivity index (χ4v) is 0. The topological polar surface area (TPSA) is 97.5 Å². The van der Waals surface area contributed by atoms with E-state index in [-0.39, 0.29) is 6.29 Å². The van der Waals surface area contributed by atoms with Crippen molar-refractivity contribution in [1.29, 1.82) is 0 Å². The van der Waals surface area contributed by atoms with Crippen molar-refractivity contribution >= 4 is 18.2 Å². The zero-order valence-corrected chi connectivity index (χ0v) is 5.11. The molecule has 0 spiro atoms. The Morgan fingerprint density at radius 2 is 1.70 bits per heavy atom. The molecule has 10 heavy (non-hydrogen) atoms. The fourth-order valence-electron chi connectivity index (χ4n) is 0. The van der Waals surface area contributed by atoms with Crippen molar-refractivity contribution in [2.75, 3.05) is 0 Å². The van der Waals surface area contributed by atoms with E-state index in [1.807, 2.05) is 0 Å². The summed E-state index contributed by atoms with van der Waals surface area (Å²) in [5.41, 5.74) is 4.53. The average molecular weight is 145 g/mol. The molecule has 0 aliphatic rings. The van der Waals surface area contributed by atoms with Crippen LogP contribution in [0, 0.1) is 0 Å². The molecule has 0 heterocycles. The highest BCUT2D eigenvalue weighted by Crippen LogP contribution is 1.48. The molecule has 3 N–H and O–H groups in total. The predicted molar refractivity (Wildman–Crippen MR) is 33.1 cm³/mol. The van der Waals surface area contributed by atoms with Crippen LogP contribution in [0.25, 0.3) is 0 Å². The van der Waals surface area contributed by atoms with Crippen molar-refractivity contribution in [2.24, 2.45) is 5.73 Å². The maximum atomic E-state index is 9.47. The molecule has 0 bridgehead atoms. The minimum Gasteiger partial charge on any atom is -0.476 e. The van der Waals surface area contributed by atoms with E-state index in [9.17, 15) is 4.79 Å². The quantitative estimate of drug-likeness (QED) is 0.293. The molecule has 0 saturated carbocycles. The highest BCUT2D eigenvalue weighted by atomic mass is 16.4. The van der Waals surface area contributed by atoms with Gasteiger partial charge in [0.1, 0.15) is 0 Å². The lowest BCUT2D eigenvalue weighted by molar-refractivity contribution is -0.143. The van der Waals surface area contributed by atoms with Crippen LogP contribution in [0.1, 0.15) is 0 Å². The van der Waals surface area contributed by atoms with Crippen molar-refractivity contribution < 1.29 is 19.5 Å². The second kappa shape index (κ2) is 7.35. The Morgan fingerprint density at radius 3 is 1.70 bits per heavy atom. The number of carbonyl (C=O) groups excluding carboxylic acids is 2. The second-order valence-corrected chi connectivity index (χ2v) is 1.06. The number of rotatable bonds is 2. The van der Waals surface area contributed by atoms with Gasteiger partial charge in [-0.05, 0) is 6.08 Å². The molecule has 5 heteroatoms. The average Bonchev–Trinajstić information content (AvgIpc) is 1.89. The van der Waals surface area contributed by atoms with Crippen LogP contribution in [0.5, 0.6) is 0 Å². The van der Waals surface area contributed by atoms with Gasteiger partial charge in [-0.2, -0.15) is 0 Å². The van der Waals surface area contributed by atoms with Crippen LogP contribution in [-0.2, 0) is 14.4 Å². The van der Waals surface area contributed by atoms with E-state index >= 15 is 0 Å². The Labute approximate surface area is 57.1 Å². The molecule has 0 rings (SSSR count). The summed E-state index contributed by atoms with van der Waals surface area (Å²) >= 11 is 0. The molecular formula is C5H7NO4. The molecule has 0 aromatic carbocycles. The molecular weight excluding hydrogens is 138 g/mol. The van der Waals surface area contributed by atoms with E-state index in [4.69, 9.17) is 14.7 Å². The highest BCUT2D eigenvalue weighted by Gasteiger charge is 1.80. The van der Waals surface area contributed by atoms with Gasteiger partial charge in [0.25, 0.3) is 0 Å². The summed E-state index contributed by atoms with van der Waals surface area (Å²) in [6.07, 6.45) is 0.889. The maximum Gasteiger partial charge on any atom is 0.368 e. The van der Waals surface area contributed by atoms with Crippen LogP contribution in [0.15, 0.2) is 12.7 Å². The number of hydrogen-bond acceptors (Lipinski definition) is 3. The predicted octanol–water partition coefficient (Wildman–Crippen LogP) is -1.07. The summed E-state index contributed by atoms with van der Waals surface area (Å²) in [4.78, 5) is 27.4. The van der Waals surface area contributed by atoms with Gasteiger partial charge in [-0.3, -0.25) is 9.59 Å². The van der Waals surface area contributed by atoms with E-state index in [0.717, 1.165) is 6.08 Å². The number of carboxylic acids is 1. The molecule has 0 atom stereocenters. The summed E-state index contributed by atoms with van der Waals surface area (Å²) in [6.45, 7) is 3.09. The normalized spacial score (nSPS) is 6.40. The third-order valence-electron chi connectivity index (χ3n) is 0.302. The number of carbonyl (C=O) groups is 3. The monoisotopic (exact) mass is 145 g/mol. The van der Waals surface area contributed by atoms with Crippen LogP contribution < -0.4 is 5.73 Å². The first kappa shape index (κ1) is 11.2. The number of amides is 1. The van der Waals surface area contributed by atoms with E-state index in [2.05, 4.69) is 12.3 Å². The molecule has 0 fully saturated rings. The molecule has 0 aliphatic carbocycles. The van der Waals surface area contributed by atoms with Gasteiger partial charge in [0.05, 0.1) is 0 Å². The lowest BCUT2D eigenvalue weighted by atomic mass is 10.6.